The largest absolute Gasteiger partial charge is 0.481 e. The molecule has 1 amide bonds. The number of carbonyl (C=O) groups excluding carboxylic acids is 1. The number of carbonyl (C=O) groups is 2. The first-order valence-corrected chi connectivity index (χ1v) is 8.90. The Kier molecular flexibility index (Phi) is 4.62. The van der Waals surface area contributed by atoms with E-state index >= 15 is 0 Å². The Morgan fingerprint density at radius 3 is 2.62 bits per heavy atom. The number of aromatic nitrogens is 2. The number of hydrogen-bond donors (Lipinski definition) is 1. The molecule has 3 heterocycles. The number of halogens is 1. The summed E-state index contributed by atoms with van der Waals surface area (Å²) in [4.78, 5) is 30.5. The fourth-order valence-electron chi connectivity index (χ4n) is 3.27. The number of piperidine rings is 1. The van der Waals surface area contributed by atoms with Crippen molar-refractivity contribution in [3.63, 3.8) is 0 Å². The Morgan fingerprint density at radius 2 is 2.04 bits per heavy atom. The summed E-state index contributed by atoms with van der Waals surface area (Å²) in [5.74, 6) is -1.19. The number of carboxylic acid groups (broad SMARTS) is 1. The van der Waals surface area contributed by atoms with Crippen molar-refractivity contribution < 1.29 is 14.7 Å². The summed E-state index contributed by atoms with van der Waals surface area (Å²) in [5, 5.41) is 9.11. The van der Waals surface area contributed by atoms with Crippen LogP contribution in [0.2, 0.25) is 0 Å². The summed E-state index contributed by atoms with van der Waals surface area (Å²) in [6.07, 6.45) is 3.54. The number of hydrogen-bond acceptors (Lipinski definition) is 3. The van der Waals surface area contributed by atoms with Gasteiger partial charge >= 0.3 is 5.97 Å². The lowest BCUT2D eigenvalue weighted by atomic mass is 9.97. The number of pyridine rings is 1. The average Bonchev–Trinajstić information content (AvgIpc) is 2.93. The quantitative estimate of drug-likeness (QED) is 0.869. The molecule has 0 spiro atoms. The summed E-state index contributed by atoms with van der Waals surface area (Å²) in [5.41, 5.74) is 3.16. The van der Waals surface area contributed by atoms with Crippen LogP contribution in [0.3, 0.4) is 0 Å². The zero-order valence-electron chi connectivity index (χ0n) is 13.8. The lowest BCUT2D eigenvalue weighted by molar-refractivity contribution is -0.143. The van der Waals surface area contributed by atoms with Crippen LogP contribution in [0.25, 0.3) is 5.65 Å². The highest BCUT2D eigenvalue weighted by molar-refractivity contribution is 9.10. The number of fused-ring (bicyclic) bond motifs is 1. The van der Waals surface area contributed by atoms with Gasteiger partial charge in [0.05, 0.1) is 11.6 Å². The van der Waals surface area contributed by atoms with Gasteiger partial charge in [0, 0.05) is 23.8 Å². The maximum Gasteiger partial charge on any atom is 0.306 e. The fraction of sp³-hybridized carbons (Fsp3) is 0.471. The van der Waals surface area contributed by atoms with Crippen LogP contribution >= 0.6 is 15.9 Å². The molecular formula is C17H20BrN3O3. The lowest BCUT2D eigenvalue weighted by Crippen LogP contribution is -2.41. The first kappa shape index (κ1) is 17.0. The third kappa shape index (κ3) is 2.92. The van der Waals surface area contributed by atoms with Crippen LogP contribution < -0.4 is 0 Å². The molecule has 1 N–H and O–H groups in total. The summed E-state index contributed by atoms with van der Waals surface area (Å²) in [6.45, 7) is 4.90. The molecule has 2 aromatic rings. The fourth-order valence-corrected chi connectivity index (χ4v) is 3.82. The van der Waals surface area contributed by atoms with Crippen molar-refractivity contribution in [2.45, 2.75) is 33.1 Å². The van der Waals surface area contributed by atoms with Crippen molar-refractivity contribution in [3.8, 4) is 0 Å². The topological polar surface area (TPSA) is 74.9 Å². The van der Waals surface area contributed by atoms with Crippen molar-refractivity contribution in [2.24, 2.45) is 5.92 Å². The molecule has 24 heavy (non-hydrogen) atoms. The molecule has 3 rings (SSSR count). The van der Waals surface area contributed by atoms with Crippen molar-refractivity contribution in [1.29, 1.82) is 0 Å². The molecule has 0 saturated carbocycles. The first-order valence-electron chi connectivity index (χ1n) is 8.11. The van der Waals surface area contributed by atoms with Gasteiger partial charge < -0.3 is 10.0 Å². The van der Waals surface area contributed by atoms with E-state index in [4.69, 9.17) is 5.11 Å². The molecule has 2 aromatic heterocycles. The molecule has 1 aliphatic heterocycles. The van der Waals surface area contributed by atoms with Crippen LogP contribution in [-0.4, -0.2) is 44.4 Å². The van der Waals surface area contributed by atoms with E-state index in [9.17, 15) is 9.59 Å². The molecule has 1 saturated heterocycles. The van der Waals surface area contributed by atoms with Gasteiger partial charge in [-0.05, 0) is 53.7 Å². The number of carboxylic acids is 1. The molecule has 0 aliphatic carbocycles. The van der Waals surface area contributed by atoms with Crippen LogP contribution in [0.1, 0.15) is 41.5 Å². The van der Waals surface area contributed by atoms with Gasteiger partial charge in [0.1, 0.15) is 11.3 Å². The third-order valence-corrected chi connectivity index (χ3v) is 5.05. The molecule has 1 fully saturated rings. The second-order valence-electron chi connectivity index (χ2n) is 6.20. The van der Waals surface area contributed by atoms with Gasteiger partial charge in [-0.1, -0.05) is 6.92 Å². The van der Waals surface area contributed by atoms with Crippen LogP contribution in [0.5, 0.6) is 0 Å². The van der Waals surface area contributed by atoms with Gasteiger partial charge in [-0.2, -0.15) is 0 Å². The Balaban J connectivity index is 1.97. The smallest absolute Gasteiger partial charge is 0.306 e. The second-order valence-corrected chi connectivity index (χ2v) is 7.12. The van der Waals surface area contributed by atoms with E-state index in [-0.39, 0.29) is 11.8 Å². The monoisotopic (exact) mass is 393 g/mol. The van der Waals surface area contributed by atoms with Gasteiger partial charge in [-0.15, -0.1) is 0 Å². The molecule has 0 bridgehead atoms. The predicted octanol–water partition coefficient (Wildman–Crippen LogP) is 2.90. The lowest BCUT2D eigenvalue weighted by Gasteiger charge is -2.30. The normalized spacial score (nSPS) is 15.9. The Hall–Kier alpha value is -1.89. The van der Waals surface area contributed by atoms with E-state index in [1.165, 1.54) is 0 Å². The molecule has 6 nitrogen and oxygen atoms in total. The van der Waals surface area contributed by atoms with Crippen molar-refractivity contribution >= 4 is 33.5 Å². The highest BCUT2D eigenvalue weighted by atomic mass is 79.9. The highest BCUT2D eigenvalue weighted by Gasteiger charge is 2.30. The summed E-state index contributed by atoms with van der Waals surface area (Å²) in [6, 6.07) is 1.98. The molecule has 128 valence electrons. The Labute approximate surface area is 148 Å². The van der Waals surface area contributed by atoms with Gasteiger partial charge in [-0.25, -0.2) is 4.98 Å². The minimum absolute atomic E-state index is 0.0688. The summed E-state index contributed by atoms with van der Waals surface area (Å²) < 4.78 is 2.75. The molecule has 1 aliphatic rings. The number of aryl methyl sites for hydroxylation is 2. The minimum atomic E-state index is -0.772. The van der Waals surface area contributed by atoms with E-state index in [1.54, 1.807) is 4.90 Å². The Bertz CT molecular complexity index is 807. The molecule has 0 aromatic carbocycles. The van der Waals surface area contributed by atoms with Crippen LogP contribution in [0.15, 0.2) is 16.7 Å². The Morgan fingerprint density at radius 1 is 1.38 bits per heavy atom. The van der Waals surface area contributed by atoms with E-state index in [1.807, 2.05) is 30.5 Å². The molecule has 0 atom stereocenters. The van der Waals surface area contributed by atoms with E-state index in [0.29, 0.717) is 38.0 Å². The highest BCUT2D eigenvalue weighted by Crippen LogP contribution is 2.24. The summed E-state index contributed by atoms with van der Waals surface area (Å²) in [7, 11) is 0. The number of aliphatic carboxylic acids is 1. The standard InChI is InChI=1S/C17H20BrN3O3/c1-3-13-14(21-9-12(18)8-10(2)15(21)19-13)16(22)20-6-4-11(5-7-20)17(23)24/h8-9,11H,3-7H2,1-2H3,(H,23,24). The number of imidazole rings is 1. The number of amides is 1. The third-order valence-electron chi connectivity index (χ3n) is 4.61. The van der Waals surface area contributed by atoms with E-state index < -0.39 is 5.97 Å². The SMILES string of the molecule is CCc1nc2c(C)cc(Br)cn2c1C(=O)N1CCC(C(=O)O)CC1. The number of likely N-dealkylation sites (tertiary alicyclic amines) is 1. The van der Waals surface area contributed by atoms with Gasteiger partial charge in [-0.3, -0.25) is 14.0 Å². The maximum absolute atomic E-state index is 13.1. The van der Waals surface area contributed by atoms with Gasteiger partial charge in [0.15, 0.2) is 0 Å². The molecule has 0 unspecified atom stereocenters. The average molecular weight is 394 g/mol. The molecule has 0 radical (unpaired) electrons. The predicted molar refractivity (Wildman–Crippen MR) is 93.3 cm³/mol. The molecule has 7 heteroatoms. The van der Waals surface area contributed by atoms with E-state index in [2.05, 4.69) is 20.9 Å². The van der Waals surface area contributed by atoms with Crippen molar-refractivity contribution in [2.75, 3.05) is 13.1 Å². The van der Waals surface area contributed by atoms with Crippen molar-refractivity contribution in [3.05, 3.63) is 33.7 Å². The summed E-state index contributed by atoms with van der Waals surface area (Å²) >= 11 is 3.48. The van der Waals surface area contributed by atoms with Crippen LogP contribution in [-0.2, 0) is 11.2 Å². The molecular weight excluding hydrogens is 374 g/mol. The second kappa shape index (κ2) is 6.55. The van der Waals surface area contributed by atoms with Gasteiger partial charge in [0.2, 0.25) is 0 Å². The maximum atomic E-state index is 13.1. The number of nitrogens with zero attached hydrogens (tertiary/aromatic N) is 3. The van der Waals surface area contributed by atoms with Crippen molar-refractivity contribution in [1.82, 2.24) is 14.3 Å². The zero-order valence-corrected chi connectivity index (χ0v) is 15.3. The first-order chi connectivity index (χ1) is 11.4. The zero-order chi connectivity index (χ0) is 17.4. The van der Waals surface area contributed by atoms with Crippen LogP contribution in [0, 0.1) is 12.8 Å². The van der Waals surface area contributed by atoms with Crippen LogP contribution in [0.4, 0.5) is 0 Å². The van der Waals surface area contributed by atoms with E-state index in [0.717, 1.165) is 21.4 Å². The number of rotatable bonds is 3. The minimum Gasteiger partial charge on any atom is -0.481 e. The van der Waals surface area contributed by atoms with Gasteiger partial charge in [0.25, 0.3) is 5.91 Å².